The van der Waals surface area contributed by atoms with E-state index in [-0.39, 0.29) is 11.8 Å². The molecule has 0 saturated carbocycles. The van der Waals surface area contributed by atoms with Gasteiger partial charge in [-0.25, -0.2) is 0 Å². The van der Waals surface area contributed by atoms with E-state index in [1.165, 1.54) is 0 Å². The summed E-state index contributed by atoms with van der Waals surface area (Å²) in [6.45, 7) is 4.93. The van der Waals surface area contributed by atoms with Crippen LogP contribution in [0.1, 0.15) is 32.3 Å². The van der Waals surface area contributed by atoms with E-state index in [2.05, 4.69) is 5.32 Å². The Kier molecular flexibility index (Phi) is 10.1. The van der Waals surface area contributed by atoms with E-state index in [1.807, 2.05) is 68.4 Å². The summed E-state index contributed by atoms with van der Waals surface area (Å²) >= 11 is 7.54. The van der Waals surface area contributed by atoms with Crippen LogP contribution in [0.2, 0.25) is 5.02 Å². The maximum absolute atomic E-state index is 13.0. The van der Waals surface area contributed by atoms with Gasteiger partial charge in [0.1, 0.15) is 6.04 Å². The van der Waals surface area contributed by atoms with Crippen molar-refractivity contribution in [2.45, 2.75) is 44.0 Å². The first kappa shape index (κ1) is 23.3. The minimum Gasteiger partial charge on any atom is -0.355 e. The Morgan fingerprint density at radius 2 is 1.76 bits per heavy atom. The number of likely N-dealkylation sites (N-methyl/N-ethyl adjacent to an activating group) is 1. The highest BCUT2D eigenvalue weighted by Gasteiger charge is 2.27. The first-order valence-corrected chi connectivity index (χ1v) is 11.4. The maximum Gasteiger partial charge on any atom is 0.242 e. The number of hydrogen-bond acceptors (Lipinski definition) is 3. The number of nitrogens with zero attached hydrogens (tertiary/aromatic N) is 1. The zero-order chi connectivity index (χ0) is 21.1. The fourth-order valence-corrected chi connectivity index (χ4v) is 4.09. The van der Waals surface area contributed by atoms with Gasteiger partial charge in [0.05, 0.1) is 0 Å². The quantitative estimate of drug-likeness (QED) is 0.518. The highest BCUT2D eigenvalue weighted by molar-refractivity contribution is 7.99. The van der Waals surface area contributed by atoms with Gasteiger partial charge in [-0.2, -0.15) is 0 Å². The molecule has 2 rings (SSSR count). The van der Waals surface area contributed by atoms with Crippen LogP contribution < -0.4 is 5.32 Å². The van der Waals surface area contributed by atoms with Gasteiger partial charge in [0.25, 0.3) is 0 Å². The number of carbonyl (C=O) groups excluding carboxylic acids is 2. The third kappa shape index (κ3) is 7.75. The summed E-state index contributed by atoms with van der Waals surface area (Å²) in [5.74, 6) is 0.593. The van der Waals surface area contributed by atoms with Crippen molar-refractivity contribution >= 4 is 35.2 Å². The SMILES string of the molecule is CCNC(=O)[C@H](CC)N(CCc1ccccc1)C(=O)CCSc1ccc(Cl)cc1. The molecule has 0 radical (unpaired) electrons. The molecule has 0 heterocycles. The first-order valence-electron chi connectivity index (χ1n) is 10.0. The van der Waals surface area contributed by atoms with Crippen LogP contribution in [-0.4, -0.2) is 41.6 Å². The number of carbonyl (C=O) groups is 2. The van der Waals surface area contributed by atoms with Crippen LogP contribution in [0.3, 0.4) is 0 Å². The first-order chi connectivity index (χ1) is 14.0. The second-order valence-corrected chi connectivity index (χ2v) is 8.30. The molecule has 0 aliphatic rings. The fraction of sp³-hybridized carbons (Fsp3) is 0.391. The Bertz CT molecular complexity index is 768. The number of hydrogen-bond donors (Lipinski definition) is 1. The van der Waals surface area contributed by atoms with Crippen LogP contribution in [0.4, 0.5) is 0 Å². The lowest BCUT2D eigenvalue weighted by Gasteiger charge is -2.30. The summed E-state index contributed by atoms with van der Waals surface area (Å²) in [7, 11) is 0. The summed E-state index contributed by atoms with van der Waals surface area (Å²) < 4.78 is 0. The molecule has 0 bridgehead atoms. The molecule has 4 nitrogen and oxygen atoms in total. The third-order valence-electron chi connectivity index (χ3n) is 4.62. The van der Waals surface area contributed by atoms with Gasteiger partial charge >= 0.3 is 0 Å². The van der Waals surface area contributed by atoms with Crippen molar-refractivity contribution in [3.05, 3.63) is 65.2 Å². The second-order valence-electron chi connectivity index (χ2n) is 6.69. The van der Waals surface area contributed by atoms with Gasteiger partial charge in [-0.1, -0.05) is 48.9 Å². The molecule has 1 N–H and O–H groups in total. The molecule has 29 heavy (non-hydrogen) atoms. The van der Waals surface area contributed by atoms with Crippen molar-refractivity contribution in [1.82, 2.24) is 10.2 Å². The summed E-state index contributed by atoms with van der Waals surface area (Å²) in [6, 6.07) is 17.2. The van der Waals surface area contributed by atoms with Crippen LogP contribution >= 0.6 is 23.4 Å². The van der Waals surface area contributed by atoms with Crippen LogP contribution in [0, 0.1) is 0 Å². The predicted octanol–water partition coefficient (Wildman–Crippen LogP) is 4.81. The number of amides is 2. The minimum absolute atomic E-state index is 0.0143. The van der Waals surface area contributed by atoms with Crippen molar-refractivity contribution in [2.24, 2.45) is 0 Å². The summed E-state index contributed by atoms with van der Waals surface area (Å²) in [4.78, 5) is 28.4. The Labute approximate surface area is 183 Å². The smallest absolute Gasteiger partial charge is 0.242 e. The summed E-state index contributed by atoms with van der Waals surface area (Å²) in [6.07, 6.45) is 1.71. The topological polar surface area (TPSA) is 49.4 Å². The van der Waals surface area contributed by atoms with Crippen molar-refractivity contribution in [1.29, 1.82) is 0 Å². The number of nitrogens with one attached hydrogen (secondary N) is 1. The van der Waals surface area contributed by atoms with Gasteiger partial charge in [0.2, 0.25) is 11.8 Å². The molecule has 0 aliphatic carbocycles. The lowest BCUT2D eigenvalue weighted by atomic mass is 10.1. The molecule has 0 spiro atoms. The average Bonchev–Trinajstić information content (AvgIpc) is 2.73. The third-order valence-corrected chi connectivity index (χ3v) is 5.89. The monoisotopic (exact) mass is 432 g/mol. The molecule has 1 atom stereocenters. The number of halogens is 1. The van der Waals surface area contributed by atoms with E-state index in [4.69, 9.17) is 11.6 Å². The molecule has 2 amide bonds. The van der Waals surface area contributed by atoms with Crippen molar-refractivity contribution < 1.29 is 9.59 Å². The molecule has 0 aliphatic heterocycles. The van der Waals surface area contributed by atoms with Gasteiger partial charge in [-0.15, -0.1) is 11.8 Å². The van der Waals surface area contributed by atoms with E-state index in [9.17, 15) is 9.59 Å². The molecule has 156 valence electrons. The van der Waals surface area contributed by atoms with Gasteiger partial charge in [-0.05, 0) is 49.6 Å². The molecule has 0 aromatic heterocycles. The lowest BCUT2D eigenvalue weighted by Crippen LogP contribution is -2.50. The van der Waals surface area contributed by atoms with Gasteiger partial charge in [0.15, 0.2) is 0 Å². The Balaban J connectivity index is 2.02. The zero-order valence-electron chi connectivity index (χ0n) is 17.1. The molecule has 2 aromatic carbocycles. The van der Waals surface area contributed by atoms with Crippen LogP contribution in [0.15, 0.2) is 59.5 Å². The largest absolute Gasteiger partial charge is 0.355 e. The number of rotatable bonds is 11. The Morgan fingerprint density at radius 1 is 1.07 bits per heavy atom. The summed E-state index contributed by atoms with van der Waals surface area (Å²) in [5.41, 5.74) is 1.16. The van der Waals surface area contributed by atoms with Crippen molar-refractivity contribution in [2.75, 3.05) is 18.8 Å². The van der Waals surface area contributed by atoms with Crippen LogP contribution in [0.25, 0.3) is 0 Å². The van der Waals surface area contributed by atoms with Crippen LogP contribution in [-0.2, 0) is 16.0 Å². The van der Waals surface area contributed by atoms with Crippen molar-refractivity contribution in [3.63, 3.8) is 0 Å². The van der Waals surface area contributed by atoms with Gasteiger partial charge in [-0.3, -0.25) is 9.59 Å². The number of benzene rings is 2. The lowest BCUT2D eigenvalue weighted by molar-refractivity contribution is -0.140. The van der Waals surface area contributed by atoms with E-state index >= 15 is 0 Å². The highest BCUT2D eigenvalue weighted by atomic mass is 35.5. The molecule has 0 unspecified atom stereocenters. The average molecular weight is 433 g/mol. The molecule has 0 fully saturated rings. The molecule has 2 aromatic rings. The van der Waals surface area contributed by atoms with Gasteiger partial charge in [0, 0.05) is 35.2 Å². The standard InChI is InChI=1S/C23H29ClN2O2S/c1-3-21(23(28)25-4-2)26(16-14-18-8-6-5-7-9-18)22(27)15-17-29-20-12-10-19(24)11-13-20/h5-13,21H,3-4,14-17H2,1-2H3,(H,25,28)/t21-/m0/s1. The van der Waals surface area contributed by atoms with E-state index < -0.39 is 6.04 Å². The Hall–Kier alpha value is -1.98. The maximum atomic E-state index is 13.0. The molecular weight excluding hydrogens is 404 g/mol. The van der Waals surface area contributed by atoms with E-state index in [1.54, 1.807) is 16.7 Å². The highest BCUT2D eigenvalue weighted by Crippen LogP contribution is 2.21. The molecular formula is C23H29ClN2O2S. The fourth-order valence-electron chi connectivity index (χ4n) is 3.12. The normalized spacial score (nSPS) is 11.7. The molecule has 6 heteroatoms. The van der Waals surface area contributed by atoms with E-state index in [0.29, 0.717) is 36.7 Å². The minimum atomic E-state index is -0.438. The zero-order valence-corrected chi connectivity index (χ0v) is 18.6. The van der Waals surface area contributed by atoms with Crippen molar-refractivity contribution in [3.8, 4) is 0 Å². The van der Waals surface area contributed by atoms with E-state index in [0.717, 1.165) is 16.9 Å². The predicted molar refractivity (Wildman–Crippen MR) is 121 cm³/mol. The Morgan fingerprint density at radius 3 is 2.38 bits per heavy atom. The molecule has 0 saturated heterocycles. The summed E-state index contributed by atoms with van der Waals surface area (Å²) in [5, 5.41) is 3.57. The number of thioether (sulfide) groups is 1. The van der Waals surface area contributed by atoms with Crippen LogP contribution in [0.5, 0.6) is 0 Å². The van der Waals surface area contributed by atoms with Gasteiger partial charge < -0.3 is 10.2 Å². The second kappa shape index (κ2) is 12.6.